The van der Waals surface area contributed by atoms with E-state index >= 15 is 0 Å². The summed E-state index contributed by atoms with van der Waals surface area (Å²) in [5, 5.41) is 6.47. The van der Waals surface area contributed by atoms with Crippen molar-refractivity contribution < 1.29 is 17.2 Å². The molecule has 21 heavy (non-hydrogen) atoms. The highest BCUT2D eigenvalue weighted by Crippen LogP contribution is 2.22. The summed E-state index contributed by atoms with van der Waals surface area (Å²) in [5.74, 6) is -1.97. The van der Waals surface area contributed by atoms with E-state index < -0.39 is 21.7 Å². The van der Waals surface area contributed by atoms with Crippen LogP contribution >= 0.6 is 0 Å². The summed E-state index contributed by atoms with van der Waals surface area (Å²) >= 11 is 0. The molecule has 1 heterocycles. The number of hydrogen-bond donors (Lipinski definition) is 1. The molecule has 0 aliphatic rings. The van der Waals surface area contributed by atoms with Crippen LogP contribution in [0.3, 0.4) is 0 Å². The van der Waals surface area contributed by atoms with Gasteiger partial charge in [-0.15, -0.1) is 0 Å². The van der Waals surface area contributed by atoms with Crippen LogP contribution in [-0.4, -0.2) is 30.0 Å². The molecule has 0 atom stereocenters. The van der Waals surface area contributed by atoms with Crippen molar-refractivity contribution in [1.82, 2.24) is 14.5 Å². The van der Waals surface area contributed by atoms with Crippen LogP contribution in [0.4, 0.5) is 8.78 Å². The average molecular weight is 315 g/mol. The van der Waals surface area contributed by atoms with E-state index in [1.165, 1.54) is 13.1 Å². The summed E-state index contributed by atoms with van der Waals surface area (Å²) in [6.07, 6.45) is 0. The Bertz CT molecular complexity index is 752. The van der Waals surface area contributed by atoms with Gasteiger partial charge in [-0.1, -0.05) is 6.07 Å². The molecule has 0 unspecified atom stereocenters. The average Bonchev–Trinajstić information content (AvgIpc) is 2.74. The van der Waals surface area contributed by atoms with Gasteiger partial charge in [-0.25, -0.2) is 17.2 Å². The molecule has 1 aromatic heterocycles. The smallest absolute Gasteiger partial charge is 0.246 e. The predicted molar refractivity (Wildman–Crippen MR) is 73.1 cm³/mol. The lowest BCUT2D eigenvalue weighted by molar-refractivity contribution is 0.461. The Morgan fingerprint density at radius 1 is 1.24 bits per heavy atom. The largest absolute Gasteiger partial charge is 0.281 e. The van der Waals surface area contributed by atoms with Gasteiger partial charge in [0.1, 0.15) is 4.90 Å². The first-order valence-electron chi connectivity index (χ1n) is 6.15. The van der Waals surface area contributed by atoms with Crippen LogP contribution in [0.25, 0.3) is 0 Å². The van der Waals surface area contributed by atoms with E-state index in [0.29, 0.717) is 17.0 Å². The number of aryl methyl sites for hydroxylation is 2. The third-order valence-electron chi connectivity index (χ3n) is 3.12. The highest BCUT2D eigenvalue weighted by atomic mass is 32.2. The topological polar surface area (TPSA) is 66.1 Å². The van der Waals surface area contributed by atoms with Gasteiger partial charge in [-0.2, -0.15) is 9.40 Å². The maximum absolute atomic E-state index is 13.2. The highest BCUT2D eigenvalue weighted by Gasteiger charge is 2.27. The van der Waals surface area contributed by atoms with Gasteiger partial charge in [0.2, 0.25) is 10.0 Å². The van der Waals surface area contributed by atoms with Crippen LogP contribution in [0.1, 0.15) is 17.0 Å². The summed E-state index contributed by atoms with van der Waals surface area (Å²) in [6, 6.07) is 3.30. The van der Waals surface area contributed by atoms with Crippen molar-refractivity contribution in [3.63, 3.8) is 0 Å². The lowest BCUT2D eigenvalue weighted by atomic mass is 10.2. The fourth-order valence-corrected chi connectivity index (χ4v) is 3.54. The van der Waals surface area contributed by atoms with Crippen LogP contribution in [0.5, 0.6) is 0 Å². The molecule has 0 aliphatic heterocycles. The van der Waals surface area contributed by atoms with E-state index in [-0.39, 0.29) is 11.4 Å². The Hall–Kier alpha value is -1.80. The fraction of sp³-hybridized carbons (Fsp3) is 0.308. The van der Waals surface area contributed by atoms with Gasteiger partial charge in [-0.05, 0) is 31.5 Å². The number of hydrogen-bond acceptors (Lipinski definition) is 3. The molecular weight excluding hydrogens is 300 g/mol. The SMILES string of the molecule is Cc1n[nH]c(C)c1S(=O)(=O)N(C)Cc1ccc(F)c(F)c1. The predicted octanol–water partition coefficient (Wildman–Crippen LogP) is 2.13. The first-order chi connectivity index (χ1) is 9.73. The second-order valence-corrected chi connectivity index (χ2v) is 6.75. The number of halogens is 2. The summed E-state index contributed by atoms with van der Waals surface area (Å²) < 4.78 is 52.1. The number of benzene rings is 1. The molecule has 2 rings (SSSR count). The van der Waals surface area contributed by atoms with E-state index in [2.05, 4.69) is 10.2 Å². The lowest BCUT2D eigenvalue weighted by Gasteiger charge is -2.17. The van der Waals surface area contributed by atoms with E-state index in [0.717, 1.165) is 16.4 Å². The first-order valence-corrected chi connectivity index (χ1v) is 7.59. The van der Waals surface area contributed by atoms with Crippen molar-refractivity contribution in [3.05, 3.63) is 46.8 Å². The maximum Gasteiger partial charge on any atom is 0.246 e. The second kappa shape index (κ2) is 5.53. The van der Waals surface area contributed by atoms with Crippen LogP contribution < -0.4 is 0 Å². The van der Waals surface area contributed by atoms with Crippen LogP contribution in [0.2, 0.25) is 0 Å². The van der Waals surface area contributed by atoms with Crippen molar-refractivity contribution in [2.75, 3.05) is 7.05 Å². The molecule has 8 heteroatoms. The normalized spacial score (nSPS) is 12.1. The number of H-pyrrole nitrogens is 1. The molecule has 0 radical (unpaired) electrons. The minimum absolute atomic E-state index is 0.0659. The van der Waals surface area contributed by atoms with E-state index in [1.807, 2.05) is 0 Å². The summed E-state index contributed by atoms with van der Waals surface area (Å²) in [6.45, 7) is 3.13. The van der Waals surface area contributed by atoms with Crippen molar-refractivity contribution in [2.24, 2.45) is 0 Å². The van der Waals surface area contributed by atoms with E-state index in [4.69, 9.17) is 0 Å². The van der Waals surface area contributed by atoms with Gasteiger partial charge in [-0.3, -0.25) is 5.10 Å². The molecule has 0 amide bonds. The van der Waals surface area contributed by atoms with Gasteiger partial charge >= 0.3 is 0 Å². The summed E-state index contributed by atoms with van der Waals surface area (Å²) in [4.78, 5) is 0.104. The quantitative estimate of drug-likeness (QED) is 0.940. The Labute approximate surface area is 121 Å². The van der Waals surface area contributed by atoms with Gasteiger partial charge in [0.05, 0.1) is 11.4 Å². The van der Waals surface area contributed by atoms with Crippen molar-refractivity contribution in [1.29, 1.82) is 0 Å². The van der Waals surface area contributed by atoms with Crippen LogP contribution in [-0.2, 0) is 16.6 Å². The monoisotopic (exact) mass is 315 g/mol. The molecule has 0 saturated carbocycles. The molecule has 0 spiro atoms. The highest BCUT2D eigenvalue weighted by molar-refractivity contribution is 7.89. The first kappa shape index (κ1) is 15.6. The maximum atomic E-state index is 13.2. The van der Waals surface area contributed by atoms with E-state index in [1.54, 1.807) is 13.8 Å². The molecular formula is C13H15F2N3O2S. The number of nitrogens with one attached hydrogen (secondary N) is 1. The number of sulfonamides is 1. The third-order valence-corrected chi connectivity index (χ3v) is 5.19. The molecule has 1 aromatic carbocycles. The van der Waals surface area contributed by atoms with E-state index in [9.17, 15) is 17.2 Å². The van der Waals surface area contributed by atoms with Gasteiger partial charge in [0.25, 0.3) is 0 Å². The Morgan fingerprint density at radius 3 is 2.43 bits per heavy atom. The second-order valence-electron chi connectivity index (χ2n) is 4.77. The van der Waals surface area contributed by atoms with Crippen molar-refractivity contribution in [3.8, 4) is 0 Å². The third kappa shape index (κ3) is 2.96. The number of aromatic nitrogens is 2. The Morgan fingerprint density at radius 2 is 1.90 bits per heavy atom. The van der Waals surface area contributed by atoms with Crippen molar-refractivity contribution in [2.45, 2.75) is 25.3 Å². The van der Waals surface area contributed by atoms with Crippen LogP contribution in [0, 0.1) is 25.5 Å². The van der Waals surface area contributed by atoms with Gasteiger partial charge in [0, 0.05) is 13.6 Å². The lowest BCUT2D eigenvalue weighted by Crippen LogP contribution is -2.27. The molecule has 1 N–H and O–H groups in total. The minimum Gasteiger partial charge on any atom is -0.281 e. The summed E-state index contributed by atoms with van der Waals surface area (Å²) in [7, 11) is -2.38. The molecule has 5 nitrogen and oxygen atoms in total. The molecule has 0 bridgehead atoms. The fourth-order valence-electron chi connectivity index (χ4n) is 2.06. The Kier molecular flexibility index (Phi) is 4.11. The van der Waals surface area contributed by atoms with Gasteiger partial charge < -0.3 is 0 Å². The summed E-state index contributed by atoms with van der Waals surface area (Å²) in [5.41, 5.74) is 1.16. The molecule has 114 valence electrons. The zero-order valence-electron chi connectivity index (χ0n) is 11.8. The molecule has 0 saturated heterocycles. The zero-order chi connectivity index (χ0) is 15.8. The molecule has 0 fully saturated rings. The zero-order valence-corrected chi connectivity index (χ0v) is 12.6. The number of nitrogens with zero attached hydrogens (tertiary/aromatic N) is 2. The molecule has 0 aliphatic carbocycles. The number of aromatic amines is 1. The Balaban J connectivity index is 2.31. The van der Waals surface area contributed by atoms with Crippen molar-refractivity contribution >= 4 is 10.0 Å². The minimum atomic E-state index is -3.75. The number of rotatable bonds is 4. The molecule has 2 aromatic rings. The van der Waals surface area contributed by atoms with Crippen LogP contribution in [0.15, 0.2) is 23.1 Å². The standard InChI is InChI=1S/C13H15F2N3O2S/c1-8-13(9(2)17-16-8)21(19,20)18(3)7-10-4-5-11(14)12(15)6-10/h4-6H,7H2,1-3H3,(H,16,17). The van der Waals surface area contributed by atoms with Gasteiger partial charge in [0.15, 0.2) is 11.6 Å².